The number of carbonyl (C=O) groups is 1. The first kappa shape index (κ1) is 10.6. The third-order valence-corrected chi connectivity index (χ3v) is 3.07. The highest BCUT2D eigenvalue weighted by molar-refractivity contribution is 5.72. The van der Waals surface area contributed by atoms with Crippen molar-refractivity contribution in [1.82, 2.24) is 5.32 Å². The molecule has 0 saturated heterocycles. The molecule has 13 heavy (non-hydrogen) atoms. The number of hydrogen-bond acceptors (Lipinski definition) is 1. The van der Waals surface area contributed by atoms with Crippen molar-refractivity contribution in [2.75, 3.05) is 6.54 Å². The predicted octanol–water partition coefficient (Wildman–Crippen LogP) is 2.48. The molecule has 0 bridgehead atoms. The molecule has 0 atom stereocenters. The standard InChI is InChI=1S/C11H21NO/c1-10(13)12-9-11(2)7-5-3-4-6-8-11/h3-9H2,1-2H3,(H,12,13). The average molecular weight is 183 g/mol. The highest BCUT2D eigenvalue weighted by Crippen LogP contribution is 2.33. The fourth-order valence-electron chi connectivity index (χ4n) is 2.10. The summed E-state index contributed by atoms with van der Waals surface area (Å²) in [7, 11) is 0. The van der Waals surface area contributed by atoms with E-state index in [0.29, 0.717) is 5.41 Å². The van der Waals surface area contributed by atoms with E-state index >= 15 is 0 Å². The summed E-state index contributed by atoms with van der Waals surface area (Å²) in [6.45, 7) is 4.76. The van der Waals surface area contributed by atoms with Crippen LogP contribution in [0, 0.1) is 5.41 Å². The van der Waals surface area contributed by atoms with Gasteiger partial charge in [0.05, 0.1) is 0 Å². The zero-order valence-corrected chi connectivity index (χ0v) is 8.86. The Kier molecular flexibility index (Phi) is 3.76. The number of carbonyl (C=O) groups excluding carboxylic acids is 1. The van der Waals surface area contributed by atoms with Gasteiger partial charge in [0.25, 0.3) is 0 Å². The Balaban J connectivity index is 2.37. The van der Waals surface area contributed by atoms with Crippen molar-refractivity contribution in [3.05, 3.63) is 0 Å². The summed E-state index contributed by atoms with van der Waals surface area (Å²) >= 11 is 0. The van der Waals surface area contributed by atoms with Gasteiger partial charge in [-0.2, -0.15) is 0 Å². The summed E-state index contributed by atoms with van der Waals surface area (Å²) in [5, 5.41) is 2.94. The SMILES string of the molecule is CC(=O)NCC1(C)CCCCCC1. The quantitative estimate of drug-likeness (QED) is 0.655. The van der Waals surface area contributed by atoms with Gasteiger partial charge in [0.15, 0.2) is 0 Å². The van der Waals surface area contributed by atoms with Crippen molar-refractivity contribution in [2.24, 2.45) is 5.41 Å². The molecule has 0 radical (unpaired) electrons. The van der Waals surface area contributed by atoms with Crippen molar-refractivity contribution >= 4 is 5.91 Å². The van der Waals surface area contributed by atoms with Crippen LogP contribution in [0.4, 0.5) is 0 Å². The maximum atomic E-state index is 10.8. The number of amides is 1. The first-order valence-corrected chi connectivity index (χ1v) is 5.37. The van der Waals surface area contributed by atoms with Crippen LogP contribution in [0.5, 0.6) is 0 Å². The molecule has 1 fully saturated rings. The Morgan fingerprint density at radius 3 is 2.23 bits per heavy atom. The molecule has 1 aliphatic rings. The van der Waals surface area contributed by atoms with Crippen LogP contribution < -0.4 is 5.32 Å². The molecule has 1 N–H and O–H groups in total. The van der Waals surface area contributed by atoms with E-state index in [2.05, 4.69) is 12.2 Å². The lowest BCUT2D eigenvalue weighted by molar-refractivity contribution is -0.119. The van der Waals surface area contributed by atoms with Crippen LogP contribution in [0.15, 0.2) is 0 Å². The second-order valence-electron chi connectivity index (χ2n) is 4.63. The lowest BCUT2D eigenvalue weighted by atomic mass is 9.82. The van der Waals surface area contributed by atoms with Crippen LogP contribution >= 0.6 is 0 Å². The molecule has 0 aromatic heterocycles. The topological polar surface area (TPSA) is 29.1 Å². The van der Waals surface area contributed by atoms with Crippen LogP contribution in [0.3, 0.4) is 0 Å². The Bertz CT molecular complexity index is 169. The van der Waals surface area contributed by atoms with Gasteiger partial charge in [-0.15, -0.1) is 0 Å². The maximum Gasteiger partial charge on any atom is 0.216 e. The smallest absolute Gasteiger partial charge is 0.216 e. The molecule has 76 valence electrons. The third-order valence-electron chi connectivity index (χ3n) is 3.07. The Morgan fingerprint density at radius 2 is 1.77 bits per heavy atom. The maximum absolute atomic E-state index is 10.8. The highest BCUT2D eigenvalue weighted by Gasteiger charge is 2.25. The first-order chi connectivity index (χ1) is 6.12. The second kappa shape index (κ2) is 4.64. The largest absolute Gasteiger partial charge is 0.356 e. The van der Waals surface area contributed by atoms with Gasteiger partial charge in [0.2, 0.25) is 5.91 Å². The normalized spacial score (nSPS) is 22.0. The van der Waals surface area contributed by atoms with Gasteiger partial charge in [-0.05, 0) is 18.3 Å². The summed E-state index contributed by atoms with van der Waals surface area (Å²) in [5.74, 6) is 0.102. The average Bonchev–Trinajstić information content (AvgIpc) is 2.28. The summed E-state index contributed by atoms with van der Waals surface area (Å²) in [6, 6.07) is 0. The van der Waals surface area contributed by atoms with Gasteiger partial charge in [-0.1, -0.05) is 32.6 Å². The molecule has 0 spiro atoms. The zero-order chi connectivity index (χ0) is 9.73. The van der Waals surface area contributed by atoms with E-state index in [1.807, 2.05) is 0 Å². The van der Waals surface area contributed by atoms with Crippen LogP contribution in [-0.4, -0.2) is 12.5 Å². The zero-order valence-electron chi connectivity index (χ0n) is 8.86. The monoisotopic (exact) mass is 183 g/mol. The number of hydrogen-bond donors (Lipinski definition) is 1. The van der Waals surface area contributed by atoms with Gasteiger partial charge in [-0.3, -0.25) is 4.79 Å². The van der Waals surface area contributed by atoms with E-state index in [9.17, 15) is 4.79 Å². The Labute approximate surface area is 81.1 Å². The van der Waals surface area contributed by atoms with E-state index in [0.717, 1.165) is 6.54 Å². The predicted molar refractivity (Wildman–Crippen MR) is 54.5 cm³/mol. The number of nitrogens with one attached hydrogen (secondary N) is 1. The fourth-order valence-corrected chi connectivity index (χ4v) is 2.10. The molecule has 0 heterocycles. The van der Waals surface area contributed by atoms with Crippen molar-refractivity contribution < 1.29 is 4.79 Å². The molecule has 1 aliphatic carbocycles. The van der Waals surface area contributed by atoms with Gasteiger partial charge in [-0.25, -0.2) is 0 Å². The lowest BCUT2D eigenvalue weighted by Crippen LogP contribution is -2.34. The second-order valence-corrected chi connectivity index (χ2v) is 4.63. The third kappa shape index (κ3) is 3.79. The molecule has 0 aromatic carbocycles. The number of rotatable bonds is 2. The van der Waals surface area contributed by atoms with Crippen molar-refractivity contribution in [3.8, 4) is 0 Å². The first-order valence-electron chi connectivity index (χ1n) is 5.37. The molecular weight excluding hydrogens is 162 g/mol. The van der Waals surface area contributed by atoms with Gasteiger partial charge in [0.1, 0.15) is 0 Å². The molecule has 1 saturated carbocycles. The van der Waals surface area contributed by atoms with E-state index in [-0.39, 0.29) is 5.91 Å². The Morgan fingerprint density at radius 1 is 1.23 bits per heavy atom. The van der Waals surface area contributed by atoms with E-state index in [1.165, 1.54) is 38.5 Å². The minimum Gasteiger partial charge on any atom is -0.356 e. The molecule has 2 nitrogen and oxygen atoms in total. The summed E-state index contributed by atoms with van der Waals surface area (Å²) in [4.78, 5) is 10.8. The molecule has 0 aliphatic heterocycles. The van der Waals surface area contributed by atoms with Gasteiger partial charge < -0.3 is 5.32 Å². The van der Waals surface area contributed by atoms with Crippen LogP contribution in [0.25, 0.3) is 0 Å². The molecule has 0 aromatic rings. The minimum absolute atomic E-state index is 0.102. The minimum atomic E-state index is 0.102. The summed E-state index contributed by atoms with van der Waals surface area (Å²) < 4.78 is 0. The van der Waals surface area contributed by atoms with Gasteiger partial charge >= 0.3 is 0 Å². The summed E-state index contributed by atoms with van der Waals surface area (Å²) in [6.07, 6.45) is 7.94. The fraction of sp³-hybridized carbons (Fsp3) is 0.909. The van der Waals surface area contributed by atoms with Crippen LogP contribution in [0.1, 0.15) is 52.4 Å². The Hall–Kier alpha value is -0.530. The molecule has 1 rings (SSSR count). The van der Waals surface area contributed by atoms with E-state index in [1.54, 1.807) is 6.92 Å². The van der Waals surface area contributed by atoms with E-state index < -0.39 is 0 Å². The summed E-state index contributed by atoms with van der Waals surface area (Å²) in [5.41, 5.74) is 0.363. The molecule has 1 amide bonds. The van der Waals surface area contributed by atoms with Crippen LogP contribution in [-0.2, 0) is 4.79 Å². The van der Waals surface area contributed by atoms with Gasteiger partial charge in [0, 0.05) is 13.5 Å². The van der Waals surface area contributed by atoms with Crippen molar-refractivity contribution in [3.63, 3.8) is 0 Å². The van der Waals surface area contributed by atoms with Crippen molar-refractivity contribution in [2.45, 2.75) is 52.4 Å². The van der Waals surface area contributed by atoms with E-state index in [4.69, 9.17) is 0 Å². The molecule has 2 heteroatoms. The molecular formula is C11H21NO. The van der Waals surface area contributed by atoms with Crippen molar-refractivity contribution in [1.29, 1.82) is 0 Å². The lowest BCUT2D eigenvalue weighted by Gasteiger charge is -2.27. The highest BCUT2D eigenvalue weighted by atomic mass is 16.1. The molecule has 0 unspecified atom stereocenters. The van der Waals surface area contributed by atoms with Crippen LogP contribution in [0.2, 0.25) is 0 Å².